The normalized spacial score (nSPS) is 6.29. The average Bonchev–Trinajstić information content (AvgIpc) is 1.61. The monoisotopic (exact) mass is 171 g/mol. The molecule has 1 radical (unpaired) electrons. The van der Waals surface area contributed by atoms with Gasteiger partial charge in [0.1, 0.15) is 0 Å². The number of unbranched alkanes of at least 4 members (excludes halogenated alkanes) is 1. The summed E-state index contributed by atoms with van der Waals surface area (Å²) in [5.41, 5.74) is 0. The second-order valence-corrected chi connectivity index (χ2v) is 1.08. The summed E-state index contributed by atoms with van der Waals surface area (Å²) < 4.78 is 0. The van der Waals surface area contributed by atoms with Crippen LogP contribution in [-0.2, 0) is 32.7 Å². The van der Waals surface area contributed by atoms with Gasteiger partial charge in [-0.2, -0.15) is 6.92 Å². The Balaban J connectivity index is 0. The van der Waals surface area contributed by atoms with Crippen molar-refractivity contribution in [2.24, 2.45) is 0 Å². The van der Waals surface area contributed by atoms with E-state index >= 15 is 0 Å². The van der Waals surface area contributed by atoms with Crippen LogP contribution in [0.4, 0.5) is 0 Å². The maximum atomic E-state index is 6.31. The number of nitrogens with zero attached hydrogens (tertiary/aromatic N) is 1. The van der Waals surface area contributed by atoms with Gasteiger partial charge in [0.2, 0.25) is 0 Å². The van der Waals surface area contributed by atoms with E-state index in [1.54, 1.807) is 0 Å². The van der Waals surface area contributed by atoms with Crippen molar-refractivity contribution in [3.05, 3.63) is 17.8 Å². The first-order chi connectivity index (χ1) is 2.91. The van der Waals surface area contributed by atoms with Gasteiger partial charge >= 0.3 is 0 Å². The van der Waals surface area contributed by atoms with Crippen LogP contribution in [0.1, 0.15) is 13.3 Å². The van der Waals surface area contributed by atoms with Crippen molar-refractivity contribution in [1.82, 2.24) is 0 Å². The standard InChI is InChI=1S/C5H8N.Y/c1-3-4-5-6-2;/h3H,4-5H2,1H3;/q-1;. The predicted octanol–water partition coefficient (Wildman–Crippen LogP) is 1.52. The van der Waals surface area contributed by atoms with Crippen molar-refractivity contribution >= 4 is 0 Å². The molecular weight excluding hydrogens is 163 g/mol. The van der Waals surface area contributed by atoms with Crippen LogP contribution in [0.3, 0.4) is 0 Å². The first kappa shape index (κ1) is 10.6. The van der Waals surface area contributed by atoms with Crippen molar-refractivity contribution in [3.63, 3.8) is 0 Å². The minimum absolute atomic E-state index is 0. The van der Waals surface area contributed by atoms with Gasteiger partial charge in [0.15, 0.2) is 6.54 Å². The summed E-state index contributed by atoms with van der Waals surface area (Å²) in [5, 5.41) is 0. The summed E-state index contributed by atoms with van der Waals surface area (Å²) in [6, 6.07) is 0. The molecule has 0 fully saturated rings. The minimum Gasteiger partial charge on any atom is -0.324 e. The number of rotatable bonds is 2. The summed E-state index contributed by atoms with van der Waals surface area (Å²) in [7, 11) is 0. The molecule has 0 heterocycles. The molecule has 37 valence electrons. The molecule has 0 aromatic rings. The third kappa shape index (κ3) is 10.8. The van der Waals surface area contributed by atoms with Crippen molar-refractivity contribution in [2.75, 3.05) is 6.54 Å². The molecule has 0 aliphatic carbocycles. The first-order valence-corrected chi connectivity index (χ1v) is 2.03. The number of hydrogen-bond donors (Lipinski definition) is 0. The summed E-state index contributed by atoms with van der Waals surface area (Å²) in [5.74, 6) is 0. The molecule has 0 aromatic carbocycles. The van der Waals surface area contributed by atoms with Crippen LogP contribution < -0.4 is 0 Å². The molecule has 1 nitrogen and oxygen atoms in total. The van der Waals surface area contributed by atoms with Crippen LogP contribution in [-0.4, -0.2) is 6.54 Å². The number of hydrogen-bond acceptors (Lipinski definition) is 0. The van der Waals surface area contributed by atoms with Crippen molar-refractivity contribution in [3.8, 4) is 0 Å². The third-order valence-corrected chi connectivity index (χ3v) is 0.530. The van der Waals surface area contributed by atoms with Gasteiger partial charge in [-0.1, -0.05) is 0 Å². The zero-order valence-corrected chi connectivity index (χ0v) is 7.35. The SMILES string of the molecule is [C-]#[N+]CC[CH-]C.[Y]. The molecule has 0 spiro atoms. The van der Waals surface area contributed by atoms with E-state index in [-0.39, 0.29) is 32.7 Å². The Labute approximate surface area is 70.2 Å². The molecule has 0 rings (SSSR count). The molecule has 0 amide bonds. The molecule has 0 aromatic heterocycles. The largest absolute Gasteiger partial charge is 0.324 e. The maximum Gasteiger partial charge on any atom is 0.188 e. The van der Waals surface area contributed by atoms with Crippen LogP contribution in [0, 0.1) is 13.0 Å². The van der Waals surface area contributed by atoms with Crippen molar-refractivity contribution in [1.29, 1.82) is 0 Å². The van der Waals surface area contributed by atoms with Crippen LogP contribution in [0.2, 0.25) is 0 Å². The molecule has 0 atom stereocenters. The maximum absolute atomic E-state index is 6.31. The molecular formula is C5H8NY-. The third-order valence-electron chi connectivity index (χ3n) is 0.530. The van der Waals surface area contributed by atoms with Gasteiger partial charge in [-0.25, -0.2) is 6.57 Å². The minimum atomic E-state index is 0. The van der Waals surface area contributed by atoms with Gasteiger partial charge in [-0.15, -0.1) is 6.42 Å². The van der Waals surface area contributed by atoms with Crippen LogP contribution in [0.5, 0.6) is 0 Å². The molecule has 2 heteroatoms. The zero-order valence-electron chi connectivity index (χ0n) is 4.52. The second kappa shape index (κ2) is 9.78. The topological polar surface area (TPSA) is 4.36 Å². The molecule has 0 saturated carbocycles. The van der Waals surface area contributed by atoms with E-state index in [0.717, 1.165) is 6.42 Å². The smallest absolute Gasteiger partial charge is 0.188 e. The summed E-state index contributed by atoms with van der Waals surface area (Å²) in [6.07, 6.45) is 2.93. The second-order valence-electron chi connectivity index (χ2n) is 1.08. The van der Waals surface area contributed by atoms with Crippen LogP contribution in [0.15, 0.2) is 0 Å². The van der Waals surface area contributed by atoms with Gasteiger partial charge in [-0.3, -0.25) is 0 Å². The fourth-order valence-electron chi connectivity index (χ4n) is 0.194. The van der Waals surface area contributed by atoms with Crippen LogP contribution in [0.25, 0.3) is 4.85 Å². The van der Waals surface area contributed by atoms with E-state index in [0.29, 0.717) is 6.54 Å². The molecule has 0 unspecified atom stereocenters. The van der Waals surface area contributed by atoms with E-state index in [1.807, 2.05) is 13.3 Å². The predicted molar refractivity (Wildman–Crippen MR) is 26.1 cm³/mol. The Morgan fingerprint density at radius 2 is 2.29 bits per heavy atom. The van der Waals surface area contributed by atoms with E-state index in [9.17, 15) is 0 Å². The average molecular weight is 171 g/mol. The van der Waals surface area contributed by atoms with Crippen molar-refractivity contribution < 1.29 is 32.7 Å². The van der Waals surface area contributed by atoms with E-state index in [2.05, 4.69) is 4.85 Å². The van der Waals surface area contributed by atoms with Gasteiger partial charge in [-0.05, 0) is 0 Å². The quantitative estimate of drug-likeness (QED) is 0.438. The first-order valence-electron chi connectivity index (χ1n) is 2.03. The molecule has 0 bridgehead atoms. The van der Waals surface area contributed by atoms with Gasteiger partial charge < -0.3 is 11.3 Å². The molecule has 0 saturated heterocycles. The van der Waals surface area contributed by atoms with Gasteiger partial charge in [0.25, 0.3) is 0 Å². The van der Waals surface area contributed by atoms with E-state index in [1.165, 1.54) is 0 Å². The Hall–Kier alpha value is 0.594. The van der Waals surface area contributed by atoms with Gasteiger partial charge in [0.05, 0.1) is 0 Å². The summed E-state index contributed by atoms with van der Waals surface area (Å²) in [4.78, 5) is 3.14. The molecule has 0 N–H and O–H groups in total. The molecule has 0 aliphatic heterocycles. The van der Waals surface area contributed by atoms with Crippen LogP contribution >= 0.6 is 0 Å². The fraction of sp³-hybridized carbons (Fsp3) is 0.600. The van der Waals surface area contributed by atoms with Crippen molar-refractivity contribution in [2.45, 2.75) is 13.3 Å². The van der Waals surface area contributed by atoms with E-state index < -0.39 is 0 Å². The summed E-state index contributed by atoms with van der Waals surface area (Å²) in [6.45, 7) is 8.92. The zero-order chi connectivity index (χ0) is 4.83. The van der Waals surface area contributed by atoms with Gasteiger partial charge in [0, 0.05) is 32.7 Å². The van der Waals surface area contributed by atoms with E-state index in [4.69, 9.17) is 6.57 Å². The Kier molecular flexibility index (Phi) is 14.7. The fourth-order valence-corrected chi connectivity index (χ4v) is 0.194. The Morgan fingerprint density at radius 1 is 1.71 bits per heavy atom. The Bertz CT molecular complexity index is 55.6. The molecule has 0 aliphatic rings. The molecule has 7 heavy (non-hydrogen) atoms. The summed E-state index contributed by atoms with van der Waals surface area (Å²) >= 11 is 0. The Morgan fingerprint density at radius 3 is 2.43 bits per heavy atom.